The van der Waals surface area contributed by atoms with Gasteiger partial charge in [0.15, 0.2) is 5.96 Å². The van der Waals surface area contributed by atoms with Crippen molar-refractivity contribution in [3.63, 3.8) is 0 Å². The number of guanidine groups is 1. The number of aliphatic imine (C=N–C) groups is 1. The molecule has 0 spiro atoms. The van der Waals surface area contributed by atoms with Gasteiger partial charge in [-0.3, -0.25) is 4.99 Å². The quantitative estimate of drug-likeness (QED) is 0.293. The highest BCUT2D eigenvalue weighted by atomic mass is 127. The molecule has 1 saturated heterocycles. The molecule has 2 aliphatic rings. The van der Waals surface area contributed by atoms with Gasteiger partial charge in [0, 0.05) is 37.5 Å². The van der Waals surface area contributed by atoms with E-state index in [1.165, 1.54) is 24.0 Å². The van der Waals surface area contributed by atoms with E-state index in [4.69, 9.17) is 14.2 Å². The summed E-state index contributed by atoms with van der Waals surface area (Å²) in [7, 11) is 3.51. The molecule has 1 saturated carbocycles. The van der Waals surface area contributed by atoms with Crippen LogP contribution in [0.1, 0.15) is 36.0 Å². The fourth-order valence-electron chi connectivity index (χ4n) is 4.02. The Bertz CT molecular complexity index is 907. The first-order chi connectivity index (χ1) is 15.1. The molecule has 2 aromatic rings. The van der Waals surface area contributed by atoms with Gasteiger partial charge in [-0.1, -0.05) is 24.3 Å². The lowest BCUT2D eigenvalue weighted by atomic mass is 9.96. The molecule has 1 aliphatic carbocycles. The second kappa shape index (κ2) is 11.2. The number of hydrogen-bond acceptors (Lipinski definition) is 4. The van der Waals surface area contributed by atoms with Crippen LogP contribution in [-0.2, 0) is 16.7 Å². The maximum Gasteiger partial charge on any atom is 0.191 e. The van der Waals surface area contributed by atoms with E-state index in [1.807, 2.05) is 19.2 Å². The largest absolute Gasteiger partial charge is 0.497 e. The van der Waals surface area contributed by atoms with Gasteiger partial charge in [-0.15, -0.1) is 24.0 Å². The summed E-state index contributed by atoms with van der Waals surface area (Å²) in [6, 6.07) is 14.8. The summed E-state index contributed by atoms with van der Waals surface area (Å²) >= 11 is 0. The Morgan fingerprint density at radius 2 is 1.94 bits per heavy atom. The average Bonchev–Trinajstić information content (AvgIpc) is 3.41. The van der Waals surface area contributed by atoms with Crippen molar-refractivity contribution in [1.82, 2.24) is 10.6 Å². The molecule has 4 rings (SSSR count). The predicted octanol–water partition coefficient (Wildman–Crippen LogP) is 4.19. The van der Waals surface area contributed by atoms with Gasteiger partial charge in [0.2, 0.25) is 0 Å². The van der Waals surface area contributed by atoms with Crippen molar-refractivity contribution in [2.75, 3.05) is 33.9 Å². The smallest absolute Gasteiger partial charge is 0.191 e. The Morgan fingerprint density at radius 3 is 2.56 bits per heavy atom. The molecule has 1 heterocycles. The Balaban J connectivity index is 0.00000289. The van der Waals surface area contributed by atoms with Crippen molar-refractivity contribution >= 4 is 29.9 Å². The van der Waals surface area contributed by atoms with Crippen LogP contribution in [0.3, 0.4) is 0 Å². The van der Waals surface area contributed by atoms with Gasteiger partial charge in [0.1, 0.15) is 17.6 Å². The molecule has 2 fully saturated rings. The molecular formula is C25H34IN3O3. The number of ether oxygens (including phenoxy) is 3. The first-order valence-corrected chi connectivity index (χ1v) is 11.0. The van der Waals surface area contributed by atoms with Crippen LogP contribution in [0.2, 0.25) is 0 Å². The van der Waals surface area contributed by atoms with E-state index >= 15 is 0 Å². The number of methoxy groups -OCH3 is 1. The van der Waals surface area contributed by atoms with Crippen LogP contribution < -0.4 is 20.1 Å². The Kier molecular flexibility index (Phi) is 8.64. The van der Waals surface area contributed by atoms with Gasteiger partial charge < -0.3 is 24.8 Å². The Hall–Kier alpha value is -2.00. The summed E-state index contributed by atoms with van der Waals surface area (Å²) in [6.45, 7) is 5.03. The molecule has 1 unspecified atom stereocenters. The summed E-state index contributed by atoms with van der Waals surface area (Å²) in [6.07, 6.45) is 3.44. The van der Waals surface area contributed by atoms with Gasteiger partial charge in [0.05, 0.1) is 20.3 Å². The highest BCUT2D eigenvalue weighted by molar-refractivity contribution is 14.0. The minimum atomic E-state index is 0. The van der Waals surface area contributed by atoms with Crippen molar-refractivity contribution in [3.05, 3.63) is 59.2 Å². The van der Waals surface area contributed by atoms with E-state index in [-0.39, 0.29) is 35.5 Å². The van der Waals surface area contributed by atoms with E-state index in [9.17, 15) is 0 Å². The summed E-state index contributed by atoms with van der Waals surface area (Å²) in [5.74, 6) is 2.62. The number of rotatable bonds is 8. The van der Waals surface area contributed by atoms with Crippen molar-refractivity contribution in [2.24, 2.45) is 4.99 Å². The number of benzene rings is 2. The first kappa shape index (κ1) is 24.6. The molecule has 6 nitrogen and oxygen atoms in total. The predicted molar refractivity (Wildman–Crippen MR) is 139 cm³/mol. The average molecular weight is 551 g/mol. The third-order valence-electron chi connectivity index (χ3n) is 6.22. The molecule has 7 heteroatoms. The van der Waals surface area contributed by atoms with Crippen LogP contribution in [0.5, 0.6) is 11.5 Å². The molecule has 2 aromatic carbocycles. The van der Waals surface area contributed by atoms with Crippen LogP contribution >= 0.6 is 24.0 Å². The first-order valence-electron chi connectivity index (χ1n) is 11.0. The number of hydrogen-bond donors (Lipinski definition) is 2. The third kappa shape index (κ3) is 6.07. The molecule has 0 aromatic heterocycles. The molecule has 174 valence electrons. The zero-order valence-electron chi connectivity index (χ0n) is 19.1. The van der Waals surface area contributed by atoms with Crippen LogP contribution in [0.15, 0.2) is 47.5 Å². The summed E-state index contributed by atoms with van der Waals surface area (Å²) in [4.78, 5) is 4.42. The fourth-order valence-corrected chi connectivity index (χ4v) is 4.02. The van der Waals surface area contributed by atoms with E-state index in [0.29, 0.717) is 13.2 Å². The Morgan fingerprint density at radius 1 is 1.16 bits per heavy atom. The number of halogens is 1. The van der Waals surface area contributed by atoms with Crippen molar-refractivity contribution in [3.8, 4) is 11.5 Å². The highest BCUT2D eigenvalue weighted by Crippen LogP contribution is 2.47. The summed E-state index contributed by atoms with van der Waals surface area (Å²) < 4.78 is 17.0. The van der Waals surface area contributed by atoms with Crippen molar-refractivity contribution < 1.29 is 14.2 Å². The van der Waals surface area contributed by atoms with Gasteiger partial charge in [0.25, 0.3) is 0 Å². The monoisotopic (exact) mass is 551 g/mol. The van der Waals surface area contributed by atoms with Gasteiger partial charge in [-0.25, -0.2) is 0 Å². The van der Waals surface area contributed by atoms with Crippen LogP contribution in [0.25, 0.3) is 0 Å². The highest BCUT2D eigenvalue weighted by Gasteiger charge is 2.44. The lowest BCUT2D eigenvalue weighted by Crippen LogP contribution is -2.41. The second-order valence-corrected chi connectivity index (χ2v) is 8.50. The minimum Gasteiger partial charge on any atom is -0.497 e. The maximum absolute atomic E-state index is 6.22. The zero-order chi connectivity index (χ0) is 21.7. The topological polar surface area (TPSA) is 64.1 Å². The van der Waals surface area contributed by atoms with E-state index in [1.54, 1.807) is 7.11 Å². The number of nitrogens with zero attached hydrogens (tertiary/aromatic N) is 1. The van der Waals surface area contributed by atoms with Gasteiger partial charge >= 0.3 is 0 Å². The summed E-state index contributed by atoms with van der Waals surface area (Å²) in [5, 5.41) is 6.97. The fraction of sp³-hybridized carbons (Fsp3) is 0.480. The SMILES string of the molecule is CN=C(NCc1ccc(C)cc1OC1CCOC1)NCC1(c2ccc(OC)cc2)CC1.I. The maximum atomic E-state index is 6.22. The Labute approximate surface area is 208 Å². The standard InChI is InChI=1S/C25H33N3O3.HI/c1-18-4-5-19(23(14-18)31-22-10-13-30-16-22)15-27-24(26-2)28-17-25(11-12-25)20-6-8-21(29-3)9-7-20;/h4-9,14,22H,10-13,15-17H2,1-3H3,(H2,26,27,28);1H. The van der Waals surface area contributed by atoms with Crippen molar-refractivity contribution in [2.45, 2.75) is 44.2 Å². The molecule has 32 heavy (non-hydrogen) atoms. The van der Waals surface area contributed by atoms with Gasteiger partial charge in [-0.2, -0.15) is 0 Å². The van der Waals surface area contributed by atoms with E-state index in [0.717, 1.165) is 42.6 Å². The molecule has 0 amide bonds. The number of nitrogens with one attached hydrogen (secondary N) is 2. The van der Waals surface area contributed by atoms with Crippen LogP contribution in [-0.4, -0.2) is 46.0 Å². The number of aryl methyl sites for hydroxylation is 1. The van der Waals surface area contributed by atoms with Gasteiger partial charge in [-0.05, 0) is 49.1 Å². The molecular weight excluding hydrogens is 517 g/mol. The molecule has 1 aliphatic heterocycles. The third-order valence-corrected chi connectivity index (χ3v) is 6.22. The molecule has 2 N–H and O–H groups in total. The lowest BCUT2D eigenvalue weighted by molar-refractivity contribution is 0.140. The molecule has 0 bridgehead atoms. The lowest BCUT2D eigenvalue weighted by Gasteiger charge is -2.20. The molecule has 1 atom stereocenters. The normalized spacial score (nSPS) is 19.1. The van der Waals surface area contributed by atoms with Crippen LogP contribution in [0.4, 0.5) is 0 Å². The van der Waals surface area contributed by atoms with E-state index in [2.05, 4.69) is 52.9 Å². The van der Waals surface area contributed by atoms with Crippen molar-refractivity contribution in [1.29, 1.82) is 0 Å². The van der Waals surface area contributed by atoms with E-state index < -0.39 is 0 Å². The summed E-state index contributed by atoms with van der Waals surface area (Å²) in [5.41, 5.74) is 3.85. The van der Waals surface area contributed by atoms with Crippen LogP contribution in [0, 0.1) is 6.92 Å². The molecule has 0 radical (unpaired) electrons. The minimum absolute atomic E-state index is 0. The zero-order valence-corrected chi connectivity index (χ0v) is 21.5. The second-order valence-electron chi connectivity index (χ2n) is 8.50.